The smallest absolute Gasteiger partial charge is 0.160 e. The van der Waals surface area contributed by atoms with Crippen molar-refractivity contribution < 1.29 is 10.3 Å². The Balaban J connectivity index is 2.68. The van der Waals surface area contributed by atoms with Crippen molar-refractivity contribution >= 4 is 0 Å². The molecule has 1 aliphatic heterocycles. The first-order valence-electron chi connectivity index (χ1n) is 3.37. The van der Waals surface area contributed by atoms with Crippen LogP contribution in [0, 0.1) is 10.4 Å². The molecule has 0 aromatic heterocycles. The molecule has 1 saturated heterocycles. The van der Waals surface area contributed by atoms with Gasteiger partial charge in [0, 0.05) is 0 Å². The number of rotatable bonds is 0. The molecule has 4 atom stereocenters. The molecule has 1 heterocycles. The Morgan fingerprint density at radius 3 is 1.50 bits per heavy atom. The quantitative estimate of drug-likeness (QED) is 0.367. The van der Waals surface area contributed by atoms with Crippen LogP contribution in [0.3, 0.4) is 0 Å². The lowest BCUT2D eigenvalue weighted by atomic mass is 10.2. The van der Waals surface area contributed by atoms with Crippen molar-refractivity contribution in [1.82, 2.24) is 5.12 Å². The van der Waals surface area contributed by atoms with Crippen LogP contribution in [0.4, 0.5) is 0 Å². The van der Waals surface area contributed by atoms with E-state index in [0.29, 0.717) is 0 Å². The van der Waals surface area contributed by atoms with Crippen LogP contribution in [0.5, 0.6) is 0 Å². The van der Waals surface area contributed by atoms with Gasteiger partial charge in [0.2, 0.25) is 0 Å². The highest BCUT2D eigenvalue weighted by Gasteiger charge is 2.38. The van der Waals surface area contributed by atoms with Gasteiger partial charge in [-0.25, -0.2) is 10.3 Å². The van der Waals surface area contributed by atoms with E-state index in [1.54, 1.807) is 13.8 Å². The third-order valence-corrected chi connectivity index (χ3v) is 2.19. The SMILES string of the molecule is CC1C(C)[NH+]([O-])N(C)[NH+]1[O-]. The second-order valence-electron chi connectivity index (χ2n) is 2.81. The van der Waals surface area contributed by atoms with Crippen LogP contribution in [0.25, 0.3) is 0 Å². The van der Waals surface area contributed by atoms with Crippen LogP contribution in [0.1, 0.15) is 13.8 Å². The molecule has 0 amide bonds. The molecule has 0 aromatic carbocycles. The van der Waals surface area contributed by atoms with Crippen LogP contribution in [-0.4, -0.2) is 24.2 Å². The van der Waals surface area contributed by atoms with Crippen LogP contribution in [-0.2, 0) is 0 Å². The van der Waals surface area contributed by atoms with Gasteiger partial charge in [-0.3, -0.25) is 0 Å². The molecule has 1 aliphatic rings. The maximum atomic E-state index is 11.0. The lowest BCUT2D eigenvalue weighted by Crippen LogP contribution is -3.28. The fourth-order valence-electron chi connectivity index (χ4n) is 1.15. The molecule has 5 nitrogen and oxygen atoms in total. The van der Waals surface area contributed by atoms with E-state index in [-0.39, 0.29) is 22.4 Å². The summed E-state index contributed by atoms with van der Waals surface area (Å²) < 4.78 is 0. The summed E-state index contributed by atoms with van der Waals surface area (Å²) in [6.45, 7) is 3.57. The lowest BCUT2D eigenvalue weighted by molar-refractivity contribution is -1.16. The highest BCUT2D eigenvalue weighted by atomic mass is 16.7. The average Bonchev–Trinajstić information content (AvgIpc) is 2.07. The molecule has 0 radical (unpaired) electrons. The van der Waals surface area contributed by atoms with Gasteiger partial charge in [0.05, 0.1) is 7.05 Å². The molecule has 5 heteroatoms. The third kappa shape index (κ3) is 0.920. The standard InChI is InChI=1S/C5H13N3O2/c1-4-5(2)8(10)6(3)7(4)9/h4-5,7-8H,1-3H3. The molecule has 0 bridgehead atoms. The largest absolute Gasteiger partial charge is 0.609 e. The Kier molecular flexibility index (Phi) is 1.93. The van der Waals surface area contributed by atoms with E-state index in [2.05, 4.69) is 0 Å². The van der Waals surface area contributed by atoms with Gasteiger partial charge in [0.25, 0.3) is 0 Å². The fourth-order valence-corrected chi connectivity index (χ4v) is 1.15. The number of quaternary nitrogens is 2. The lowest BCUT2D eigenvalue weighted by Gasteiger charge is -2.26. The Labute approximate surface area is 59.9 Å². The first-order chi connectivity index (χ1) is 4.55. The molecule has 0 saturated carbocycles. The zero-order valence-corrected chi connectivity index (χ0v) is 6.42. The van der Waals surface area contributed by atoms with Crippen LogP contribution in [0.2, 0.25) is 0 Å². The van der Waals surface area contributed by atoms with Gasteiger partial charge in [-0.2, -0.15) is 0 Å². The molecule has 0 spiro atoms. The maximum Gasteiger partial charge on any atom is 0.160 e. The molecular weight excluding hydrogens is 134 g/mol. The van der Waals surface area contributed by atoms with Crippen LogP contribution in [0.15, 0.2) is 0 Å². The first-order valence-corrected chi connectivity index (χ1v) is 3.37. The summed E-state index contributed by atoms with van der Waals surface area (Å²) >= 11 is 0. The third-order valence-electron chi connectivity index (χ3n) is 2.19. The number of nitrogens with zero attached hydrogens (tertiary/aromatic N) is 1. The summed E-state index contributed by atoms with van der Waals surface area (Å²) in [6, 6.07) is -0.255. The Bertz CT molecular complexity index is 87.2. The molecule has 1 fully saturated rings. The highest BCUT2D eigenvalue weighted by Crippen LogP contribution is 1.86. The fraction of sp³-hybridized carbons (Fsp3) is 1.00. The summed E-state index contributed by atoms with van der Waals surface area (Å²) in [5, 5.41) is 23.2. The van der Waals surface area contributed by atoms with Crippen molar-refractivity contribution in [3.05, 3.63) is 10.4 Å². The molecule has 4 unspecified atom stereocenters. The minimum atomic E-state index is -0.127. The minimum Gasteiger partial charge on any atom is -0.609 e. The number of hydrogen-bond acceptors (Lipinski definition) is 3. The molecule has 2 N–H and O–H groups in total. The monoisotopic (exact) mass is 147 g/mol. The van der Waals surface area contributed by atoms with Crippen LogP contribution >= 0.6 is 0 Å². The first kappa shape index (κ1) is 7.90. The zero-order chi connectivity index (χ0) is 7.89. The van der Waals surface area contributed by atoms with Gasteiger partial charge < -0.3 is 10.4 Å². The van der Waals surface area contributed by atoms with E-state index in [4.69, 9.17) is 0 Å². The second kappa shape index (κ2) is 2.44. The molecular formula is C5H13N3O2. The van der Waals surface area contributed by atoms with Crippen molar-refractivity contribution in [3.63, 3.8) is 0 Å². The summed E-state index contributed by atoms with van der Waals surface area (Å²) in [4.78, 5) is 0. The Morgan fingerprint density at radius 1 is 1.10 bits per heavy atom. The van der Waals surface area contributed by atoms with Gasteiger partial charge in [0.1, 0.15) is 0 Å². The molecule has 10 heavy (non-hydrogen) atoms. The minimum absolute atomic E-state index is 0.0579. The Hall–Kier alpha value is -0.200. The maximum absolute atomic E-state index is 11.0. The Morgan fingerprint density at radius 2 is 1.40 bits per heavy atom. The highest BCUT2D eigenvalue weighted by molar-refractivity contribution is 4.57. The van der Waals surface area contributed by atoms with E-state index in [9.17, 15) is 10.4 Å². The van der Waals surface area contributed by atoms with E-state index in [0.717, 1.165) is 0 Å². The van der Waals surface area contributed by atoms with Crippen LogP contribution < -0.4 is 10.3 Å². The second-order valence-corrected chi connectivity index (χ2v) is 2.81. The van der Waals surface area contributed by atoms with Gasteiger partial charge in [-0.05, 0) is 19.0 Å². The summed E-state index contributed by atoms with van der Waals surface area (Å²) in [5.41, 5.74) is 0. The predicted molar refractivity (Wildman–Crippen MR) is 35.3 cm³/mol. The molecule has 60 valence electrons. The predicted octanol–water partition coefficient (Wildman–Crippen LogP) is -2.70. The number of nitrogens with one attached hydrogen (secondary N) is 2. The zero-order valence-electron chi connectivity index (χ0n) is 6.42. The van der Waals surface area contributed by atoms with E-state index < -0.39 is 0 Å². The summed E-state index contributed by atoms with van der Waals surface area (Å²) in [5.74, 6) is 0. The van der Waals surface area contributed by atoms with Gasteiger partial charge >= 0.3 is 0 Å². The van der Waals surface area contributed by atoms with Crippen molar-refractivity contribution in [2.75, 3.05) is 7.05 Å². The van der Waals surface area contributed by atoms with Gasteiger partial charge in [-0.15, -0.1) is 0 Å². The molecule has 0 aliphatic carbocycles. The summed E-state index contributed by atoms with van der Waals surface area (Å²) in [7, 11) is 1.53. The molecule has 1 rings (SSSR count). The number of hydroxylamine groups is 2. The van der Waals surface area contributed by atoms with Crippen molar-refractivity contribution in [3.8, 4) is 0 Å². The van der Waals surface area contributed by atoms with Gasteiger partial charge in [-0.1, -0.05) is 0 Å². The topological polar surface area (TPSA) is 58.2 Å². The average molecular weight is 147 g/mol. The van der Waals surface area contributed by atoms with Crippen molar-refractivity contribution in [1.29, 1.82) is 0 Å². The van der Waals surface area contributed by atoms with E-state index in [1.165, 1.54) is 12.2 Å². The van der Waals surface area contributed by atoms with Crippen molar-refractivity contribution in [2.45, 2.75) is 25.9 Å². The van der Waals surface area contributed by atoms with E-state index >= 15 is 0 Å². The van der Waals surface area contributed by atoms with E-state index in [1.807, 2.05) is 0 Å². The molecule has 0 aromatic rings. The normalized spacial score (nSPS) is 50.1. The van der Waals surface area contributed by atoms with Gasteiger partial charge in [0.15, 0.2) is 12.1 Å². The van der Waals surface area contributed by atoms with Crippen molar-refractivity contribution in [2.24, 2.45) is 0 Å². The number of hydrogen-bond donors (Lipinski definition) is 2. The summed E-state index contributed by atoms with van der Waals surface area (Å²) in [6.07, 6.45) is 0.